The lowest BCUT2D eigenvalue weighted by atomic mass is 9.86. The Labute approximate surface area is 312 Å². The quantitative estimate of drug-likeness (QED) is 0.180. The van der Waals surface area contributed by atoms with Crippen molar-refractivity contribution in [3.63, 3.8) is 0 Å². The first-order chi connectivity index (χ1) is 26.8. The molecule has 2 atom stereocenters. The molecule has 0 saturated heterocycles. The van der Waals surface area contributed by atoms with Gasteiger partial charge in [-0.05, 0) is 40.8 Å². The van der Waals surface area contributed by atoms with Gasteiger partial charge in [0.05, 0.1) is 6.04 Å². The first-order valence-corrected chi connectivity index (χ1v) is 18.4. The summed E-state index contributed by atoms with van der Waals surface area (Å²) in [6.45, 7) is 0. The SMILES string of the molecule is C1=CC2c3ccccc3N(c3ccc(-c4nc(-c5ccccc5)nc(-c5ccccc5)n4)c4ccccc34)C2C=C1c1cccc2c1oc1ccccc12. The number of hydrogen-bond acceptors (Lipinski definition) is 5. The van der Waals surface area contributed by atoms with Crippen LogP contribution in [0.15, 0.2) is 186 Å². The van der Waals surface area contributed by atoms with Gasteiger partial charge in [0.1, 0.15) is 11.2 Å². The molecule has 9 aromatic rings. The van der Waals surface area contributed by atoms with Crippen molar-refractivity contribution in [2.45, 2.75) is 12.0 Å². The summed E-state index contributed by atoms with van der Waals surface area (Å²) in [6, 6.07) is 57.0. The maximum Gasteiger partial charge on any atom is 0.164 e. The zero-order chi connectivity index (χ0) is 35.6. The summed E-state index contributed by atoms with van der Waals surface area (Å²) in [5.74, 6) is 2.14. The second-order valence-corrected chi connectivity index (χ2v) is 13.9. The lowest BCUT2D eigenvalue weighted by Crippen LogP contribution is -2.29. The summed E-state index contributed by atoms with van der Waals surface area (Å²) in [4.78, 5) is 17.7. The summed E-state index contributed by atoms with van der Waals surface area (Å²) >= 11 is 0. The molecule has 7 aromatic carbocycles. The Balaban J connectivity index is 1.08. The Kier molecular flexibility index (Phi) is 6.92. The molecule has 0 bridgehead atoms. The molecular weight excluding hydrogens is 661 g/mol. The number of aromatic nitrogens is 3. The smallest absolute Gasteiger partial charge is 0.164 e. The predicted molar refractivity (Wildman–Crippen MR) is 220 cm³/mol. The van der Waals surface area contributed by atoms with Crippen LogP contribution in [0.3, 0.4) is 0 Å². The number of anilines is 2. The van der Waals surface area contributed by atoms with E-state index in [0.717, 1.165) is 66.2 Å². The van der Waals surface area contributed by atoms with E-state index >= 15 is 0 Å². The van der Waals surface area contributed by atoms with Crippen molar-refractivity contribution in [2.24, 2.45) is 0 Å². The number of para-hydroxylation sites is 3. The second-order valence-electron chi connectivity index (χ2n) is 13.9. The molecule has 0 amide bonds. The number of furan rings is 1. The molecule has 2 aromatic heterocycles. The van der Waals surface area contributed by atoms with E-state index in [2.05, 4.69) is 114 Å². The van der Waals surface area contributed by atoms with E-state index in [1.54, 1.807) is 0 Å². The highest BCUT2D eigenvalue weighted by atomic mass is 16.3. The second kappa shape index (κ2) is 12.2. The van der Waals surface area contributed by atoms with Crippen LogP contribution < -0.4 is 4.90 Å². The third-order valence-electron chi connectivity index (χ3n) is 10.9. The Morgan fingerprint density at radius 3 is 1.87 bits per heavy atom. The highest BCUT2D eigenvalue weighted by Crippen LogP contribution is 2.51. The fourth-order valence-corrected chi connectivity index (χ4v) is 8.40. The van der Waals surface area contributed by atoms with E-state index < -0.39 is 0 Å². The van der Waals surface area contributed by atoms with Gasteiger partial charge >= 0.3 is 0 Å². The lowest BCUT2D eigenvalue weighted by Gasteiger charge is -2.31. The predicted octanol–water partition coefficient (Wildman–Crippen LogP) is 12.2. The number of allylic oxidation sites excluding steroid dienone is 2. The van der Waals surface area contributed by atoms with Crippen molar-refractivity contribution in [1.82, 2.24) is 15.0 Å². The molecule has 2 aliphatic rings. The van der Waals surface area contributed by atoms with Crippen LogP contribution >= 0.6 is 0 Å². The number of hydrogen-bond donors (Lipinski definition) is 0. The first-order valence-electron chi connectivity index (χ1n) is 18.4. The number of nitrogens with zero attached hydrogens (tertiary/aromatic N) is 4. The summed E-state index contributed by atoms with van der Waals surface area (Å²) < 4.78 is 6.50. The Hall–Kier alpha value is -7.11. The van der Waals surface area contributed by atoms with Crippen molar-refractivity contribution in [3.8, 4) is 34.2 Å². The minimum absolute atomic E-state index is 0.0582. The zero-order valence-electron chi connectivity index (χ0n) is 29.2. The van der Waals surface area contributed by atoms with E-state index in [9.17, 15) is 0 Å². The van der Waals surface area contributed by atoms with Crippen LogP contribution in [-0.4, -0.2) is 21.0 Å². The average molecular weight is 693 g/mol. The third-order valence-corrected chi connectivity index (χ3v) is 10.9. The maximum atomic E-state index is 6.50. The van der Waals surface area contributed by atoms with Crippen molar-refractivity contribution in [1.29, 1.82) is 0 Å². The molecule has 1 aliphatic carbocycles. The molecule has 1 aliphatic heterocycles. The van der Waals surface area contributed by atoms with Crippen LogP contribution in [0.1, 0.15) is 17.0 Å². The number of fused-ring (bicyclic) bond motifs is 7. The van der Waals surface area contributed by atoms with Crippen LogP contribution in [0, 0.1) is 0 Å². The summed E-state index contributed by atoms with van der Waals surface area (Å²) in [6.07, 6.45) is 7.08. The van der Waals surface area contributed by atoms with E-state index in [0.29, 0.717) is 17.5 Å². The maximum absolute atomic E-state index is 6.50. The first kappa shape index (κ1) is 30.5. The molecule has 254 valence electrons. The molecule has 0 saturated carbocycles. The van der Waals surface area contributed by atoms with E-state index in [1.807, 2.05) is 72.8 Å². The van der Waals surface area contributed by atoms with Crippen molar-refractivity contribution >= 4 is 49.7 Å². The molecule has 2 unspecified atom stereocenters. The molecule has 5 nitrogen and oxygen atoms in total. The van der Waals surface area contributed by atoms with Gasteiger partial charge < -0.3 is 9.32 Å². The fourth-order valence-electron chi connectivity index (χ4n) is 8.40. The number of rotatable bonds is 5. The molecule has 54 heavy (non-hydrogen) atoms. The fraction of sp³-hybridized carbons (Fsp3) is 0.0408. The summed E-state index contributed by atoms with van der Waals surface area (Å²) in [7, 11) is 0. The van der Waals surface area contributed by atoms with E-state index in [-0.39, 0.29) is 12.0 Å². The monoisotopic (exact) mass is 692 g/mol. The van der Waals surface area contributed by atoms with Gasteiger partial charge in [-0.15, -0.1) is 0 Å². The van der Waals surface area contributed by atoms with E-state index in [1.165, 1.54) is 11.3 Å². The molecule has 0 fully saturated rings. The van der Waals surface area contributed by atoms with Crippen LogP contribution in [-0.2, 0) is 0 Å². The van der Waals surface area contributed by atoms with Crippen LogP contribution in [0.4, 0.5) is 11.4 Å². The van der Waals surface area contributed by atoms with Crippen molar-refractivity contribution in [2.75, 3.05) is 4.90 Å². The van der Waals surface area contributed by atoms with Gasteiger partial charge in [-0.1, -0.05) is 158 Å². The zero-order valence-corrected chi connectivity index (χ0v) is 29.2. The molecular formula is C49H32N4O. The molecule has 11 rings (SSSR count). The van der Waals surface area contributed by atoms with Crippen molar-refractivity contribution in [3.05, 3.63) is 193 Å². The van der Waals surface area contributed by atoms with Gasteiger partial charge in [0.25, 0.3) is 0 Å². The molecule has 0 spiro atoms. The van der Waals surface area contributed by atoms with Crippen LogP contribution in [0.5, 0.6) is 0 Å². The minimum Gasteiger partial charge on any atom is -0.455 e. The summed E-state index contributed by atoms with van der Waals surface area (Å²) in [5, 5.41) is 4.50. The molecule has 0 N–H and O–H groups in total. The van der Waals surface area contributed by atoms with E-state index in [4.69, 9.17) is 19.4 Å². The van der Waals surface area contributed by atoms with Gasteiger partial charge in [-0.3, -0.25) is 0 Å². The molecule has 3 heterocycles. The van der Waals surface area contributed by atoms with Crippen molar-refractivity contribution < 1.29 is 4.42 Å². The topological polar surface area (TPSA) is 55.1 Å². The molecule has 5 heteroatoms. The highest BCUT2D eigenvalue weighted by molar-refractivity contribution is 6.09. The third kappa shape index (κ3) is 4.82. The Morgan fingerprint density at radius 1 is 0.463 bits per heavy atom. The minimum atomic E-state index is 0.0582. The normalized spacial score (nSPS) is 16.1. The Morgan fingerprint density at radius 2 is 1.09 bits per heavy atom. The van der Waals surface area contributed by atoms with Crippen LogP contribution in [0.25, 0.3) is 72.4 Å². The Bertz CT molecular complexity index is 2910. The average Bonchev–Trinajstić information content (AvgIpc) is 3.79. The lowest BCUT2D eigenvalue weighted by molar-refractivity contribution is 0.667. The van der Waals surface area contributed by atoms with Gasteiger partial charge in [-0.2, -0.15) is 0 Å². The van der Waals surface area contributed by atoms with Gasteiger partial charge in [0.2, 0.25) is 0 Å². The van der Waals surface area contributed by atoms with Crippen LogP contribution in [0.2, 0.25) is 0 Å². The highest BCUT2D eigenvalue weighted by Gasteiger charge is 2.39. The summed E-state index contributed by atoms with van der Waals surface area (Å²) in [5.41, 5.74) is 10.6. The largest absolute Gasteiger partial charge is 0.455 e. The standard InChI is InChI=1S/C49H32N4O/c1-3-14-31(15-4-1)47-50-48(32-16-5-2-6-17-32)52-49(51-47)41-28-29-43(36-19-8-7-18-35(36)41)53-42-24-11-9-20-37(42)38-27-26-33(30-44(38)53)34-22-13-23-40-39-21-10-12-25-45(39)54-46(34)40/h1-30,38,44H. The van der Waals surface area contributed by atoms with Gasteiger partial charge in [0.15, 0.2) is 17.5 Å². The van der Waals surface area contributed by atoms with Gasteiger partial charge in [0, 0.05) is 55.7 Å². The number of benzene rings is 7. The molecule has 0 radical (unpaired) electrons. The van der Waals surface area contributed by atoms with Gasteiger partial charge in [-0.25, -0.2) is 15.0 Å².